The van der Waals surface area contributed by atoms with Crippen LogP contribution in [-0.2, 0) is 40.3 Å². The van der Waals surface area contributed by atoms with Gasteiger partial charge < -0.3 is 26.3 Å². The topological polar surface area (TPSA) is 120 Å². The van der Waals surface area contributed by atoms with Crippen LogP contribution in [-0.4, -0.2) is 39.7 Å². The van der Waals surface area contributed by atoms with Gasteiger partial charge in [0.1, 0.15) is 6.04 Å². The first kappa shape index (κ1) is 27.7. The van der Waals surface area contributed by atoms with Crippen LogP contribution in [0.2, 0.25) is 10.0 Å². The molecule has 1 aromatic heterocycles. The number of carbonyl (C=O) groups excluding carboxylic acids is 3. The van der Waals surface area contributed by atoms with Crippen molar-refractivity contribution < 1.29 is 14.4 Å². The number of hydrogen-bond acceptors (Lipinski definition) is 4. The average molecular weight is 579 g/mol. The van der Waals surface area contributed by atoms with Crippen LogP contribution in [0.25, 0.3) is 10.9 Å². The number of halogens is 2. The van der Waals surface area contributed by atoms with E-state index >= 15 is 0 Å². The Morgan fingerprint density at radius 2 is 1.75 bits per heavy atom. The van der Waals surface area contributed by atoms with Crippen molar-refractivity contribution in [2.24, 2.45) is 5.73 Å². The molecule has 1 aliphatic rings. The van der Waals surface area contributed by atoms with Gasteiger partial charge in [0.25, 0.3) is 0 Å². The third-order valence-corrected chi connectivity index (χ3v) is 7.66. The van der Waals surface area contributed by atoms with Crippen molar-refractivity contribution in [1.29, 1.82) is 0 Å². The van der Waals surface area contributed by atoms with E-state index in [4.69, 9.17) is 28.9 Å². The number of benzene rings is 3. The molecule has 0 radical (unpaired) electrons. The van der Waals surface area contributed by atoms with Crippen molar-refractivity contribution in [2.75, 3.05) is 5.32 Å². The molecular weight excluding hydrogens is 549 g/mol. The Kier molecular flexibility index (Phi) is 8.12. The summed E-state index contributed by atoms with van der Waals surface area (Å²) in [7, 11) is 0. The van der Waals surface area contributed by atoms with Crippen LogP contribution in [0.15, 0.2) is 66.9 Å². The number of fused-ring (bicyclic) bond motifs is 2. The van der Waals surface area contributed by atoms with Gasteiger partial charge in [-0.15, -0.1) is 0 Å². The summed E-state index contributed by atoms with van der Waals surface area (Å²) in [6.07, 6.45) is 2.49. The van der Waals surface area contributed by atoms with Crippen molar-refractivity contribution >= 4 is 57.5 Å². The molecule has 1 aliphatic heterocycles. The first-order valence-corrected chi connectivity index (χ1v) is 13.7. The largest absolute Gasteiger partial charge is 0.361 e. The number of nitrogens with one attached hydrogen (secondary N) is 3. The SMILES string of the molecule is CC(=O)N[C@@H](Cc1c[nH]c2ccccc12)C(=O)Nc1ccc2c(c1)CN(C(=O)[C@H](N)Cc1ccc(Cl)cc1Cl)C2. The minimum Gasteiger partial charge on any atom is -0.361 e. The fourth-order valence-electron chi connectivity index (χ4n) is 5.08. The molecule has 0 fully saturated rings. The third kappa shape index (κ3) is 6.14. The predicted octanol–water partition coefficient (Wildman–Crippen LogP) is 4.57. The third-order valence-electron chi connectivity index (χ3n) is 7.07. The Hall–Kier alpha value is -3.85. The first-order chi connectivity index (χ1) is 19.2. The van der Waals surface area contributed by atoms with Crippen molar-refractivity contribution in [3.63, 3.8) is 0 Å². The number of aromatic amines is 1. The van der Waals surface area contributed by atoms with Crippen molar-refractivity contribution in [3.05, 3.63) is 99.2 Å². The van der Waals surface area contributed by atoms with E-state index in [1.165, 1.54) is 6.92 Å². The molecule has 40 heavy (non-hydrogen) atoms. The van der Waals surface area contributed by atoms with Gasteiger partial charge in [0, 0.05) is 59.3 Å². The molecule has 3 amide bonds. The van der Waals surface area contributed by atoms with Crippen LogP contribution < -0.4 is 16.4 Å². The van der Waals surface area contributed by atoms with Gasteiger partial charge in [-0.3, -0.25) is 14.4 Å². The fourth-order valence-corrected chi connectivity index (χ4v) is 5.56. The smallest absolute Gasteiger partial charge is 0.247 e. The Morgan fingerprint density at radius 1 is 0.975 bits per heavy atom. The van der Waals surface area contributed by atoms with E-state index in [9.17, 15) is 14.4 Å². The Labute approximate surface area is 241 Å². The number of rotatable bonds is 8. The average Bonchev–Trinajstić information content (AvgIpc) is 3.53. The summed E-state index contributed by atoms with van der Waals surface area (Å²) in [5.74, 6) is -0.801. The van der Waals surface area contributed by atoms with Gasteiger partial charge in [-0.2, -0.15) is 0 Å². The zero-order valence-electron chi connectivity index (χ0n) is 21.8. The second kappa shape index (κ2) is 11.7. The number of aromatic nitrogens is 1. The van der Waals surface area contributed by atoms with Crippen molar-refractivity contribution in [1.82, 2.24) is 15.2 Å². The molecule has 0 saturated carbocycles. The number of nitrogens with two attached hydrogens (primary N) is 1. The fraction of sp³-hybridized carbons (Fsp3) is 0.233. The van der Waals surface area contributed by atoms with Crippen LogP contribution >= 0.6 is 23.2 Å². The van der Waals surface area contributed by atoms with E-state index in [2.05, 4.69) is 15.6 Å². The standard InChI is InChI=1S/C30H29Cl2N5O3/c1-17(38)35-28(12-20-14-34-27-5-3-2-4-24(20)27)29(39)36-23-9-7-19-15-37(16-21(19)10-23)30(40)26(33)11-18-6-8-22(31)13-25(18)32/h2-10,13-14,26,28,34H,11-12,15-16,33H2,1H3,(H,35,38)(H,36,39)/t26-,28+/m1/s1. The highest BCUT2D eigenvalue weighted by Crippen LogP contribution is 2.28. The lowest BCUT2D eigenvalue weighted by atomic mass is 10.0. The van der Waals surface area contributed by atoms with Gasteiger partial charge >= 0.3 is 0 Å². The number of carbonyl (C=O) groups is 3. The number of nitrogens with zero attached hydrogens (tertiary/aromatic N) is 1. The summed E-state index contributed by atoms with van der Waals surface area (Å²) in [6.45, 7) is 2.20. The van der Waals surface area contributed by atoms with Crippen LogP contribution in [0.4, 0.5) is 5.69 Å². The molecule has 0 bridgehead atoms. The summed E-state index contributed by atoms with van der Waals surface area (Å²) < 4.78 is 0. The predicted molar refractivity (Wildman–Crippen MR) is 157 cm³/mol. The molecule has 3 aromatic carbocycles. The lowest BCUT2D eigenvalue weighted by Gasteiger charge is -2.20. The second-order valence-electron chi connectivity index (χ2n) is 10.0. The lowest BCUT2D eigenvalue weighted by molar-refractivity contribution is -0.133. The summed E-state index contributed by atoms with van der Waals surface area (Å²) >= 11 is 12.2. The highest BCUT2D eigenvalue weighted by atomic mass is 35.5. The molecular formula is C30H29Cl2N5O3. The molecule has 10 heteroatoms. The molecule has 2 heterocycles. The van der Waals surface area contributed by atoms with Gasteiger partial charge in [-0.25, -0.2) is 0 Å². The van der Waals surface area contributed by atoms with E-state index in [0.717, 1.165) is 33.2 Å². The molecule has 0 aliphatic carbocycles. The second-order valence-corrected chi connectivity index (χ2v) is 10.9. The minimum absolute atomic E-state index is 0.183. The van der Waals surface area contributed by atoms with E-state index in [1.54, 1.807) is 29.2 Å². The summed E-state index contributed by atoms with van der Waals surface area (Å²) in [4.78, 5) is 43.2. The number of H-pyrrole nitrogens is 1. The Bertz CT molecular complexity index is 1600. The van der Waals surface area contributed by atoms with Crippen LogP contribution in [0.1, 0.15) is 29.2 Å². The lowest BCUT2D eigenvalue weighted by Crippen LogP contribution is -2.44. The first-order valence-electron chi connectivity index (χ1n) is 12.9. The van der Waals surface area contributed by atoms with E-state index in [0.29, 0.717) is 41.7 Å². The Balaban J connectivity index is 1.24. The normalized spacial score (nSPS) is 14.1. The van der Waals surface area contributed by atoms with Crippen molar-refractivity contribution in [3.8, 4) is 0 Å². The van der Waals surface area contributed by atoms with Gasteiger partial charge in [-0.1, -0.05) is 53.5 Å². The molecule has 5 rings (SSSR count). The number of anilines is 1. The molecule has 0 unspecified atom stereocenters. The number of hydrogen-bond donors (Lipinski definition) is 4. The monoisotopic (exact) mass is 577 g/mol. The maximum Gasteiger partial charge on any atom is 0.247 e. The van der Waals surface area contributed by atoms with E-state index < -0.39 is 12.1 Å². The minimum atomic E-state index is -0.763. The number of para-hydroxylation sites is 1. The van der Waals surface area contributed by atoms with Gasteiger partial charge in [-0.05, 0) is 59.0 Å². The van der Waals surface area contributed by atoms with Crippen LogP contribution in [0.5, 0.6) is 0 Å². The van der Waals surface area contributed by atoms with Gasteiger partial charge in [0.15, 0.2) is 0 Å². The quantitative estimate of drug-likeness (QED) is 0.245. The maximum absolute atomic E-state index is 13.3. The van der Waals surface area contributed by atoms with Crippen molar-refractivity contribution in [2.45, 2.75) is 44.9 Å². The molecule has 0 spiro atoms. The zero-order chi connectivity index (χ0) is 28.4. The molecule has 2 atom stereocenters. The molecule has 8 nitrogen and oxygen atoms in total. The highest BCUT2D eigenvalue weighted by Gasteiger charge is 2.28. The van der Waals surface area contributed by atoms with E-state index in [1.807, 2.05) is 42.6 Å². The highest BCUT2D eigenvalue weighted by molar-refractivity contribution is 6.35. The summed E-state index contributed by atoms with van der Waals surface area (Å²) in [5, 5.41) is 7.70. The molecule has 0 saturated heterocycles. The summed E-state index contributed by atoms with van der Waals surface area (Å²) in [6, 6.07) is 17.0. The Morgan fingerprint density at radius 3 is 2.52 bits per heavy atom. The van der Waals surface area contributed by atoms with Crippen LogP contribution in [0.3, 0.4) is 0 Å². The summed E-state index contributed by atoms with van der Waals surface area (Å²) in [5.41, 5.74) is 11.4. The molecule has 5 N–H and O–H groups in total. The molecule has 206 valence electrons. The van der Waals surface area contributed by atoms with Gasteiger partial charge in [0.05, 0.1) is 6.04 Å². The van der Waals surface area contributed by atoms with Crippen LogP contribution in [0, 0.1) is 0 Å². The molecule has 4 aromatic rings. The maximum atomic E-state index is 13.3. The van der Waals surface area contributed by atoms with E-state index in [-0.39, 0.29) is 17.7 Å². The number of amides is 3. The zero-order valence-corrected chi connectivity index (χ0v) is 23.4. The van der Waals surface area contributed by atoms with Gasteiger partial charge in [0.2, 0.25) is 17.7 Å².